The summed E-state index contributed by atoms with van der Waals surface area (Å²) in [4.78, 5) is 4.53. The minimum absolute atomic E-state index is 0.111. The molecule has 100 valence electrons. The minimum Gasteiger partial charge on any atom is -0.394 e. The van der Waals surface area contributed by atoms with Crippen molar-refractivity contribution in [3.05, 3.63) is 28.7 Å². The summed E-state index contributed by atoms with van der Waals surface area (Å²) in [6, 6.07) is 8.37. The Morgan fingerprint density at radius 2 is 2.22 bits per heavy atom. The fraction of sp³-hybridized carbons (Fsp3) is 0.571. The number of aliphatic hydroxyl groups is 1. The molecule has 4 heteroatoms. The number of benzene rings is 1. The maximum atomic E-state index is 9.75. The molecule has 0 aliphatic carbocycles. The number of nitrogens with zero attached hydrogens (tertiary/aromatic N) is 2. The van der Waals surface area contributed by atoms with E-state index in [1.165, 1.54) is 5.69 Å². The zero-order chi connectivity index (χ0) is 13.2. The molecule has 0 aromatic heterocycles. The van der Waals surface area contributed by atoms with Gasteiger partial charge < -0.3 is 10.0 Å². The first-order valence-corrected chi connectivity index (χ1v) is 7.15. The third-order valence-corrected chi connectivity index (χ3v) is 4.46. The van der Waals surface area contributed by atoms with E-state index in [-0.39, 0.29) is 12.1 Å². The van der Waals surface area contributed by atoms with Gasteiger partial charge in [-0.15, -0.1) is 0 Å². The maximum Gasteiger partial charge on any atom is 0.0632 e. The van der Waals surface area contributed by atoms with E-state index in [4.69, 9.17) is 0 Å². The zero-order valence-corrected chi connectivity index (χ0v) is 12.7. The summed E-state index contributed by atoms with van der Waals surface area (Å²) in [5, 5.41) is 9.75. The van der Waals surface area contributed by atoms with Crippen LogP contribution in [0.25, 0.3) is 0 Å². The summed E-state index contributed by atoms with van der Waals surface area (Å²) in [6.45, 7) is 2.16. The van der Waals surface area contributed by atoms with Crippen molar-refractivity contribution in [2.75, 3.05) is 38.7 Å². The van der Waals surface area contributed by atoms with E-state index in [0.717, 1.165) is 30.4 Å². The second-order valence-electron chi connectivity index (χ2n) is 5.28. The van der Waals surface area contributed by atoms with E-state index >= 15 is 0 Å². The molecule has 3 nitrogen and oxygen atoms in total. The lowest BCUT2D eigenvalue weighted by Gasteiger charge is -2.46. The Kier molecular flexibility index (Phi) is 4.30. The number of likely N-dealkylation sites (N-methyl/N-ethyl adjacent to an activating group) is 1. The predicted octanol–water partition coefficient (Wildman–Crippen LogP) is 2.34. The van der Waals surface area contributed by atoms with Crippen LogP contribution in [0.1, 0.15) is 12.8 Å². The molecule has 0 radical (unpaired) electrons. The van der Waals surface area contributed by atoms with E-state index in [9.17, 15) is 5.11 Å². The highest BCUT2D eigenvalue weighted by atomic mass is 79.9. The van der Waals surface area contributed by atoms with E-state index < -0.39 is 0 Å². The third kappa shape index (κ3) is 2.71. The molecule has 0 amide bonds. The fourth-order valence-electron chi connectivity index (χ4n) is 2.64. The number of anilines is 1. The smallest absolute Gasteiger partial charge is 0.0632 e. The molecule has 1 N–H and O–H groups in total. The molecular weight excluding hydrogens is 292 g/mol. The highest BCUT2D eigenvalue weighted by Gasteiger charge is 2.37. The van der Waals surface area contributed by atoms with Crippen LogP contribution in [0.5, 0.6) is 0 Å². The van der Waals surface area contributed by atoms with Gasteiger partial charge in [0.25, 0.3) is 0 Å². The number of aliphatic hydroxyl groups excluding tert-OH is 1. The minimum atomic E-state index is -0.111. The van der Waals surface area contributed by atoms with Crippen LogP contribution in [-0.2, 0) is 0 Å². The number of piperidine rings is 1. The van der Waals surface area contributed by atoms with Gasteiger partial charge in [-0.05, 0) is 45.1 Å². The van der Waals surface area contributed by atoms with Gasteiger partial charge in [-0.1, -0.05) is 22.0 Å². The molecule has 0 spiro atoms. The van der Waals surface area contributed by atoms with Gasteiger partial charge in [0.05, 0.1) is 12.1 Å². The van der Waals surface area contributed by atoms with Crippen molar-refractivity contribution >= 4 is 21.6 Å². The van der Waals surface area contributed by atoms with Gasteiger partial charge in [-0.25, -0.2) is 0 Å². The highest BCUT2D eigenvalue weighted by Crippen LogP contribution is 2.30. The first-order valence-electron chi connectivity index (χ1n) is 6.36. The largest absolute Gasteiger partial charge is 0.394 e. The molecule has 0 saturated carbocycles. The van der Waals surface area contributed by atoms with Crippen molar-refractivity contribution in [2.24, 2.45) is 0 Å². The molecule has 1 aliphatic heterocycles. The molecule has 1 aliphatic rings. The SMILES string of the molecule is CN(C)C1(CO)CCCN(c2cccc(Br)c2)C1. The first-order chi connectivity index (χ1) is 8.57. The number of hydrogen-bond donors (Lipinski definition) is 1. The highest BCUT2D eigenvalue weighted by molar-refractivity contribution is 9.10. The van der Waals surface area contributed by atoms with Gasteiger partial charge in [0.15, 0.2) is 0 Å². The second-order valence-corrected chi connectivity index (χ2v) is 6.20. The Morgan fingerprint density at radius 3 is 2.83 bits per heavy atom. The molecule has 1 aromatic carbocycles. The van der Waals surface area contributed by atoms with Crippen molar-refractivity contribution < 1.29 is 5.11 Å². The van der Waals surface area contributed by atoms with Crippen molar-refractivity contribution in [3.8, 4) is 0 Å². The summed E-state index contributed by atoms with van der Waals surface area (Å²) in [7, 11) is 4.11. The lowest BCUT2D eigenvalue weighted by atomic mass is 9.88. The monoisotopic (exact) mass is 312 g/mol. The summed E-state index contributed by atoms with van der Waals surface area (Å²) in [5.74, 6) is 0. The van der Waals surface area contributed by atoms with Crippen LogP contribution in [-0.4, -0.2) is 49.3 Å². The molecule has 1 unspecified atom stereocenters. The summed E-state index contributed by atoms with van der Waals surface area (Å²) < 4.78 is 1.10. The van der Waals surface area contributed by atoms with Gasteiger partial charge in [-0.2, -0.15) is 0 Å². The second kappa shape index (κ2) is 5.59. The first kappa shape index (κ1) is 13.8. The Morgan fingerprint density at radius 1 is 1.44 bits per heavy atom. The summed E-state index contributed by atoms with van der Waals surface area (Å²) in [5.41, 5.74) is 1.12. The molecule has 18 heavy (non-hydrogen) atoms. The average molecular weight is 313 g/mol. The van der Waals surface area contributed by atoms with E-state index in [0.29, 0.717) is 0 Å². The lowest BCUT2D eigenvalue weighted by molar-refractivity contribution is 0.0547. The van der Waals surface area contributed by atoms with Gasteiger partial charge in [0.1, 0.15) is 0 Å². The van der Waals surface area contributed by atoms with Gasteiger partial charge in [-0.3, -0.25) is 4.90 Å². The molecule has 1 aromatic rings. The maximum absolute atomic E-state index is 9.75. The predicted molar refractivity (Wildman–Crippen MR) is 79.1 cm³/mol. The summed E-state index contributed by atoms with van der Waals surface area (Å²) >= 11 is 3.52. The van der Waals surface area contributed by atoms with Crippen molar-refractivity contribution in [2.45, 2.75) is 18.4 Å². The molecular formula is C14H21BrN2O. The average Bonchev–Trinajstić information content (AvgIpc) is 2.38. The quantitative estimate of drug-likeness (QED) is 0.928. The van der Waals surface area contributed by atoms with Crippen molar-refractivity contribution in [1.29, 1.82) is 0 Å². The zero-order valence-electron chi connectivity index (χ0n) is 11.1. The topological polar surface area (TPSA) is 26.7 Å². The molecule has 0 bridgehead atoms. The van der Waals surface area contributed by atoms with Crippen molar-refractivity contribution in [3.63, 3.8) is 0 Å². The van der Waals surface area contributed by atoms with Gasteiger partial charge >= 0.3 is 0 Å². The molecule has 1 heterocycles. The van der Waals surface area contributed by atoms with Crippen molar-refractivity contribution in [1.82, 2.24) is 4.90 Å². The molecule has 1 fully saturated rings. The van der Waals surface area contributed by atoms with Crippen LogP contribution in [0.15, 0.2) is 28.7 Å². The number of halogens is 1. The lowest BCUT2D eigenvalue weighted by Crippen LogP contribution is -2.58. The molecule has 2 rings (SSSR count). The Balaban J connectivity index is 2.20. The van der Waals surface area contributed by atoms with Gasteiger partial charge in [0.2, 0.25) is 0 Å². The van der Waals surface area contributed by atoms with Crippen LogP contribution in [0.2, 0.25) is 0 Å². The summed E-state index contributed by atoms with van der Waals surface area (Å²) in [6.07, 6.45) is 2.17. The van der Waals surface area contributed by atoms with Crippen LogP contribution < -0.4 is 4.90 Å². The number of hydrogen-bond acceptors (Lipinski definition) is 3. The normalized spacial score (nSPS) is 24.6. The van der Waals surface area contributed by atoms with Crippen LogP contribution in [0, 0.1) is 0 Å². The molecule has 1 atom stereocenters. The van der Waals surface area contributed by atoms with Crippen LogP contribution >= 0.6 is 15.9 Å². The van der Waals surface area contributed by atoms with Crippen LogP contribution in [0.4, 0.5) is 5.69 Å². The van der Waals surface area contributed by atoms with Crippen LogP contribution in [0.3, 0.4) is 0 Å². The fourth-order valence-corrected chi connectivity index (χ4v) is 3.03. The van der Waals surface area contributed by atoms with E-state index in [2.05, 4.69) is 58.0 Å². The Labute approximate surface area is 118 Å². The van der Waals surface area contributed by atoms with Gasteiger partial charge in [0, 0.05) is 23.2 Å². The molecule has 1 saturated heterocycles. The Hall–Kier alpha value is -0.580. The standard InChI is InChI=1S/C14H21BrN2O/c1-16(2)14(11-18)7-4-8-17(10-14)13-6-3-5-12(15)9-13/h3,5-6,9,18H,4,7-8,10-11H2,1-2H3. The van der Waals surface area contributed by atoms with E-state index in [1.807, 2.05) is 6.07 Å². The Bertz CT molecular complexity index is 411. The third-order valence-electron chi connectivity index (χ3n) is 3.97. The van der Waals surface area contributed by atoms with E-state index in [1.54, 1.807) is 0 Å². The number of rotatable bonds is 3.